The van der Waals surface area contributed by atoms with E-state index in [0.29, 0.717) is 21.8 Å². The van der Waals surface area contributed by atoms with Crippen LogP contribution in [0.15, 0.2) is 42.7 Å². The van der Waals surface area contributed by atoms with Crippen molar-refractivity contribution in [2.45, 2.75) is 0 Å². The lowest BCUT2D eigenvalue weighted by molar-refractivity contribution is 0.0926. The van der Waals surface area contributed by atoms with Crippen LogP contribution < -0.4 is 4.90 Å². The monoisotopic (exact) mass is 258 g/mol. The number of hydrogen-bond acceptors (Lipinski definition) is 3. The van der Waals surface area contributed by atoms with Gasteiger partial charge < -0.3 is 0 Å². The first-order chi connectivity index (χ1) is 8.68. The third-order valence-corrected chi connectivity index (χ3v) is 3.02. The Morgan fingerprint density at radius 1 is 0.944 bits per heavy atom. The van der Waals surface area contributed by atoms with Crippen LogP contribution in [0.25, 0.3) is 0 Å². The molecule has 3 rings (SSSR count). The number of pyridine rings is 1. The average molecular weight is 259 g/mol. The molecule has 2 heterocycles. The van der Waals surface area contributed by atoms with Gasteiger partial charge in [0.15, 0.2) is 0 Å². The van der Waals surface area contributed by atoms with Crippen LogP contribution >= 0.6 is 11.6 Å². The smallest absolute Gasteiger partial charge is 0.267 e. The fourth-order valence-corrected chi connectivity index (χ4v) is 2.04. The lowest BCUT2D eigenvalue weighted by atomic mass is 10.2. The summed E-state index contributed by atoms with van der Waals surface area (Å²) in [6.07, 6.45) is 2.90. The van der Waals surface area contributed by atoms with E-state index in [9.17, 15) is 9.59 Å². The number of aromatic nitrogens is 1. The minimum atomic E-state index is -0.356. The second-order valence-electron chi connectivity index (χ2n) is 3.84. The molecule has 1 aromatic carbocycles. The van der Waals surface area contributed by atoms with Crippen molar-refractivity contribution >= 4 is 29.1 Å². The van der Waals surface area contributed by atoms with Crippen molar-refractivity contribution in [3.05, 3.63) is 58.9 Å². The number of nitrogens with zero attached hydrogens (tertiary/aromatic N) is 2. The van der Waals surface area contributed by atoms with E-state index in [-0.39, 0.29) is 11.8 Å². The summed E-state index contributed by atoms with van der Waals surface area (Å²) in [5, 5.41) is 0.553. The predicted octanol–water partition coefficient (Wildman–Crippen LogP) is 2.54. The van der Waals surface area contributed by atoms with Gasteiger partial charge in [0.2, 0.25) is 0 Å². The second-order valence-corrected chi connectivity index (χ2v) is 4.28. The molecule has 2 aromatic rings. The van der Waals surface area contributed by atoms with Crippen LogP contribution in [-0.4, -0.2) is 16.8 Å². The average Bonchev–Trinajstić information content (AvgIpc) is 2.64. The van der Waals surface area contributed by atoms with E-state index in [0.717, 1.165) is 4.90 Å². The van der Waals surface area contributed by atoms with Gasteiger partial charge in [-0.3, -0.25) is 14.6 Å². The van der Waals surface area contributed by atoms with Gasteiger partial charge in [0.25, 0.3) is 11.8 Å². The van der Waals surface area contributed by atoms with Crippen LogP contribution in [0, 0.1) is 0 Å². The van der Waals surface area contributed by atoms with Crippen molar-refractivity contribution in [1.82, 2.24) is 4.98 Å². The van der Waals surface area contributed by atoms with E-state index in [1.165, 1.54) is 12.4 Å². The zero-order valence-electron chi connectivity index (χ0n) is 9.13. The Morgan fingerprint density at radius 2 is 1.61 bits per heavy atom. The molecule has 0 atom stereocenters. The van der Waals surface area contributed by atoms with Crippen LogP contribution in [0.4, 0.5) is 5.69 Å². The van der Waals surface area contributed by atoms with Gasteiger partial charge in [0, 0.05) is 17.4 Å². The number of hydrogen-bond donors (Lipinski definition) is 0. The first kappa shape index (κ1) is 10.9. The molecule has 1 aliphatic rings. The minimum absolute atomic E-state index is 0.331. The molecule has 0 radical (unpaired) electrons. The van der Waals surface area contributed by atoms with Gasteiger partial charge in [-0.25, -0.2) is 4.90 Å². The van der Waals surface area contributed by atoms with Crippen molar-refractivity contribution in [1.29, 1.82) is 0 Å². The van der Waals surface area contributed by atoms with Crippen LogP contribution in [0.5, 0.6) is 0 Å². The lowest BCUT2D eigenvalue weighted by Crippen LogP contribution is -2.29. The van der Waals surface area contributed by atoms with Crippen molar-refractivity contribution < 1.29 is 9.59 Å². The number of imide groups is 1. The van der Waals surface area contributed by atoms with Crippen molar-refractivity contribution in [2.75, 3.05) is 4.90 Å². The highest BCUT2D eigenvalue weighted by Crippen LogP contribution is 2.28. The maximum atomic E-state index is 12.1. The SMILES string of the molecule is O=C1c2ccncc2C(=O)N1c1ccc(Cl)cc1. The Balaban J connectivity index is 2.09. The standard InChI is InChI=1S/C13H7ClN2O2/c14-8-1-3-9(4-2-8)16-12(17)10-5-6-15-7-11(10)13(16)18/h1-7H. The molecule has 0 unspecified atom stereocenters. The fraction of sp³-hybridized carbons (Fsp3) is 0. The summed E-state index contributed by atoms with van der Waals surface area (Å²) in [5.74, 6) is -0.690. The Morgan fingerprint density at radius 3 is 2.28 bits per heavy atom. The number of halogens is 1. The zero-order chi connectivity index (χ0) is 12.7. The molecular formula is C13H7ClN2O2. The molecule has 2 amide bonds. The normalized spacial score (nSPS) is 13.9. The highest BCUT2D eigenvalue weighted by atomic mass is 35.5. The van der Waals surface area contributed by atoms with Crippen molar-refractivity contribution in [3.8, 4) is 0 Å². The van der Waals surface area contributed by atoms with E-state index in [1.807, 2.05) is 0 Å². The highest BCUT2D eigenvalue weighted by Gasteiger charge is 2.36. The number of carbonyl (C=O) groups is 2. The zero-order valence-corrected chi connectivity index (χ0v) is 9.89. The molecule has 0 aliphatic carbocycles. The third-order valence-electron chi connectivity index (χ3n) is 2.77. The summed E-state index contributed by atoms with van der Waals surface area (Å²) in [6, 6.07) is 8.09. The molecule has 88 valence electrons. The topological polar surface area (TPSA) is 50.3 Å². The Bertz CT molecular complexity index is 617. The molecule has 1 aliphatic heterocycles. The summed E-state index contributed by atoms with van der Waals surface area (Å²) in [7, 11) is 0. The summed E-state index contributed by atoms with van der Waals surface area (Å²) in [5.41, 5.74) is 1.22. The highest BCUT2D eigenvalue weighted by molar-refractivity contribution is 6.34. The minimum Gasteiger partial charge on any atom is -0.268 e. The van der Waals surface area contributed by atoms with E-state index in [4.69, 9.17) is 11.6 Å². The largest absolute Gasteiger partial charge is 0.268 e. The molecule has 18 heavy (non-hydrogen) atoms. The Labute approximate surface area is 108 Å². The molecule has 0 saturated carbocycles. The van der Waals surface area contributed by atoms with Crippen LogP contribution in [0.1, 0.15) is 20.7 Å². The maximum Gasteiger partial charge on any atom is 0.267 e. The van der Waals surface area contributed by atoms with Gasteiger partial charge in [-0.05, 0) is 30.3 Å². The molecule has 0 spiro atoms. The van der Waals surface area contributed by atoms with E-state index in [2.05, 4.69) is 4.98 Å². The van der Waals surface area contributed by atoms with Crippen molar-refractivity contribution in [3.63, 3.8) is 0 Å². The van der Waals surface area contributed by atoms with E-state index in [1.54, 1.807) is 30.3 Å². The van der Waals surface area contributed by atoms with Crippen LogP contribution in [-0.2, 0) is 0 Å². The molecular weight excluding hydrogens is 252 g/mol. The van der Waals surface area contributed by atoms with Gasteiger partial charge in [0.05, 0.1) is 16.8 Å². The first-order valence-corrected chi connectivity index (χ1v) is 5.64. The molecule has 1 aromatic heterocycles. The number of rotatable bonds is 1. The van der Waals surface area contributed by atoms with E-state index >= 15 is 0 Å². The van der Waals surface area contributed by atoms with E-state index < -0.39 is 0 Å². The Hall–Kier alpha value is -2.20. The van der Waals surface area contributed by atoms with Gasteiger partial charge in [-0.1, -0.05) is 11.6 Å². The second kappa shape index (κ2) is 3.92. The molecule has 0 N–H and O–H groups in total. The molecule has 0 saturated heterocycles. The fourth-order valence-electron chi connectivity index (χ4n) is 1.91. The lowest BCUT2D eigenvalue weighted by Gasteiger charge is -2.13. The molecule has 5 heteroatoms. The summed E-state index contributed by atoms with van der Waals surface area (Å²) < 4.78 is 0. The van der Waals surface area contributed by atoms with Crippen LogP contribution in [0.3, 0.4) is 0 Å². The summed E-state index contributed by atoms with van der Waals surface area (Å²) in [4.78, 5) is 29.3. The summed E-state index contributed by atoms with van der Waals surface area (Å²) >= 11 is 5.78. The third kappa shape index (κ3) is 1.50. The molecule has 4 nitrogen and oxygen atoms in total. The summed E-state index contributed by atoms with van der Waals surface area (Å²) in [6.45, 7) is 0. The predicted molar refractivity (Wildman–Crippen MR) is 66.8 cm³/mol. The Kier molecular flexibility index (Phi) is 2.38. The van der Waals surface area contributed by atoms with Gasteiger partial charge in [-0.15, -0.1) is 0 Å². The number of fused-ring (bicyclic) bond motifs is 1. The molecule has 0 fully saturated rings. The van der Waals surface area contributed by atoms with Gasteiger partial charge >= 0.3 is 0 Å². The maximum absolute atomic E-state index is 12.1. The van der Waals surface area contributed by atoms with Gasteiger partial charge in [0.1, 0.15) is 0 Å². The first-order valence-electron chi connectivity index (χ1n) is 5.27. The molecule has 0 bridgehead atoms. The number of benzene rings is 1. The van der Waals surface area contributed by atoms with Crippen molar-refractivity contribution in [2.24, 2.45) is 0 Å². The number of amides is 2. The number of carbonyl (C=O) groups excluding carboxylic acids is 2. The van der Waals surface area contributed by atoms with Crippen LogP contribution in [0.2, 0.25) is 5.02 Å². The quantitative estimate of drug-likeness (QED) is 0.739. The van der Waals surface area contributed by atoms with Gasteiger partial charge in [-0.2, -0.15) is 0 Å². The number of anilines is 1.